The Balaban J connectivity index is 1.34. The number of aliphatic imine (C=N–C) groups is 1. The Labute approximate surface area is 165 Å². The first kappa shape index (κ1) is 19.6. The first-order valence-corrected chi connectivity index (χ1v) is 10.6. The summed E-state index contributed by atoms with van der Waals surface area (Å²) in [5.41, 5.74) is 1.26. The van der Waals surface area contributed by atoms with Crippen molar-refractivity contribution in [3.63, 3.8) is 0 Å². The number of guanidine groups is 1. The maximum atomic E-state index is 4.65. The molecule has 0 radical (unpaired) electrons. The van der Waals surface area contributed by atoms with Crippen LogP contribution in [0.15, 0.2) is 40.3 Å². The molecular weight excluding hydrogens is 358 g/mol. The van der Waals surface area contributed by atoms with Gasteiger partial charge in [0.25, 0.3) is 0 Å². The first-order valence-electron chi connectivity index (χ1n) is 9.62. The third kappa shape index (κ3) is 6.48. The minimum Gasteiger partial charge on any atom is -0.357 e. The number of anilines is 1. The van der Waals surface area contributed by atoms with E-state index in [0.717, 1.165) is 70.7 Å². The molecule has 0 aromatic carbocycles. The lowest BCUT2D eigenvalue weighted by atomic mass is 10.3. The summed E-state index contributed by atoms with van der Waals surface area (Å²) in [5.74, 6) is 1.74. The summed E-state index contributed by atoms with van der Waals surface area (Å²) >= 11 is 1.71. The van der Waals surface area contributed by atoms with Crippen LogP contribution in [0.25, 0.3) is 0 Å². The van der Waals surface area contributed by atoms with Gasteiger partial charge in [-0.3, -0.25) is 4.90 Å². The van der Waals surface area contributed by atoms with Crippen molar-refractivity contribution in [2.45, 2.75) is 19.9 Å². The van der Waals surface area contributed by atoms with Gasteiger partial charge in [0.2, 0.25) is 5.95 Å². The second-order valence-corrected chi connectivity index (χ2v) is 7.26. The van der Waals surface area contributed by atoms with Gasteiger partial charge in [-0.2, -0.15) is 11.3 Å². The van der Waals surface area contributed by atoms with Gasteiger partial charge in [-0.15, -0.1) is 0 Å². The van der Waals surface area contributed by atoms with E-state index in [0.29, 0.717) is 0 Å². The maximum absolute atomic E-state index is 4.65. The van der Waals surface area contributed by atoms with E-state index >= 15 is 0 Å². The zero-order chi connectivity index (χ0) is 18.7. The minimum absolute atomic E-state index is 0.725. The topological polar surface area (TPSA) is 68.7 Å². The molecule has 2 N–H and O–H groups in total. The Bertz CT molecular complexity index is 667. The molecule has 146 valence electrons. The predicted molar refractivity (Wildman–Crippen MR) is 112 cm³/mol. The van der Waals surface area contributed by atoms with Crippen LogP contribution in [0.5, 0.6) is 0 Å². The fourth-order valence-electron chi connectivity index (χ4n) is 3.03. The van der Waals surface area contributed by atoms with Gasteiger partial charge < -0.3 is 15.5 Å². The number of rotatable bonds is 8. The van der Waals surface area contributed by atoms with Crippen molar-refractivity contribution >= 4 is 23.2 Å². The van der Waals surface area contributed by atoms with Crippen molar-refractivity contribution in [1.82, 2.24) is 25.5 Å². The fourth-order valence-corrected chi connectivity index (χ4v) is 3.69. The van der Waals surface area contributed by atoms with Crippen LogP contribution in [0.1, 0.15) is 18.9 Å². The molecule has 3 rings (SSSR count). The molecule has 1 aliphatic rings. The zero-order valence-electron chi connectivity index (χ0n) is 16.0. The normalized spacial score (nSPS) is 15.7. The predicted octanol–water partition coefficient (Wildman–Crippen LogP) is 1.81. The lowest BCUT2D eigenvalue weighted by Gasteiger charge is -2.34. The van der Waals surface area contributed by atoms with Gasteiger partial charge in [-0.1, -0.05) is 0 Å². The molecule has 1 aliphatic heterocycles. The van der Waals surface area contributed by atoms with Gasteiger partial charge >= 0.3 is 0 Å². The van der Waals surface area contributed by atoms with E-state index < -0.39 is 0 Å². The van der Waals surface area contributed by atoms with E-state index in [-0.39, 0.29) is 0 Å². The summed E-state index contributed by atoms with van der Waals surface area (Å²) in [4.78, 5) is 18.1. The largest absolute Gasteiger partial charge is 0.357 e. The molecule has 2 aromatic rings. The number of hydrogen-bond acceptors (Lipinski definition) is 6. The maximum Gasteiger partial charge on any atom is 0.225 e. The second-order valence-electron chi connectivity index (χ2n) is 6.48. The van der Waals surface area contributed by atoms with E-state index in [1.807, 2.05) is 18.5 Å². The zero-order valence-corrected chi connectivity index (χ0v) is 16.8. The van der Waals surface area contributed by atoms with E-state index in [1.165, 1.54) is 5.56 Å². The molecule has 0 bridgehead atoms. The Hall–Kier alpha value is -2.19. The lowest BCUT2D eigenvalue weighted by Crippen LogP contribution is -2.47. The highest BCUT2D eigenvalue weighted by atomic mass is 32.1. The summed E-state index contributed by atoms with van der Waals surface area (Å²) in [6.07, 6.45) is 4.72. The van der Waals surface area contributed by atoms with Crippen LogP contribution in [0, 0.1) is 0 Å². The van der Waals surface area contributed by atoms with E-state index in [4.69, 9.17) is 0 Å². The van der Waals surface area contributed by atoms with Crippen LogP contribution in [0.3, 0.4) is 0 Å². The monoisotopic (exact) mass is 387 g/mol. The third-order valence-corrected chi connectivity index (χ3v) is 5.23. The van der Waals surface area contributed by atoms with Crippen LogP contribution in [-0.4, -0.2) is 66.6 Å². The summed E-state index contributed by atoms with van der Waals surface area (Å²) in [6.45, 7) is 9.82. The van der Waals surface area contributed by atoms with Gasteiger partial charge in [-0.25, -0.2) is 15.0 Å². The van der Waals surface area contributed by atoms with Crippen LogP contribution >= 0.6 is 11.3 Å². The number of hydrogen-bond donors (Lipinski definition) is 2. The smallest absolute Gasteiger partial charge is 0.225 e. The number of piperazine rings is 1. The van der Waals surface area contributed by atoms with Crippen molar-refractivity contribution in [1.29, 1.82) is 0 Å². The molecule has 27 heavy (non-hydrogen) atoms. The van der Waals surface area contributed by atoms with Crippen molar-refractivity contribution < 1.29 is 0 Å². The van der Waals surface area contributed by atoms with Crippen molar-refractivity contribution in [2.24, 2.45) is 4.99 Å². The number of nitrogens with one attached hydrogen (secondary N) is 2. The minimum atomic E-state index is 0.725. The molecular formula is C19H29N7S. The average Bonchev–Trinajstić information content (AvgIpc) is 3.24. The molecule has 0 amide bonds. The highest BCUT2D eigenvalue weighted by Crippen LogP contribution is 2.09. The van der Waals surface area contributed by atoms with E-state index in [9.17, 15) is 0 Å². The Morgan fingerprint density at radius 3 is 2.70 bits per heavy atom. The van der Waals surface area contributed by atoms with Crippen molar-refractivity contribution in [2.75, 3.05) is 50.7 Å². The van der Waals surface area contributed by atoms with Crippen LogP contribution < -0.4 is 15.5 Å². The van der Waals surface area contributed by atoms with Gasteiger partial charge in [0.1, 0.15) is 0 Å². The highest BCUT2D eigenvalue weighted by Gasteiger charge is 2.18. The summed E-state index contributed by atoms with van der Waals surface area (Å²) < 4.78 is 0. The number of aromatic nitrogens is 2. The second kappa shape index (κ2) is 10.8. The van der Waals surface area contributed by atoms with Crippen LogP contribution in [0.2, 0.25) is 0 Å². The van der Waals surface area contributed by atoms with Crippen molar-refractivity contribution in [3.05, 3.63) is 40.8 Å². The highest BCUT2D eigenvalue weighted by molar-refractivity contribution is 7.07. The first-order chi connectivity index (χ1) is 13.3. The Kier molecular flexibility index (Phi) is 7.85. The Morgan fingerprint density at radius 2 is 2.00 bits per heavy atom. The van der Waals surface area contributed by atoms with Crippen molar-refractivity contribution in [3.8, 4) is 0 Å². The molecule has 1 saturated heterocycles. The molecule has 0 aliphatic carbocycles. The molecule has 0 atom stereocenters. The number of thiophene rings is 1. The fraction of sp³-hybridized carbons (Fsp3) is 0.526. The van der Waals surface area contributed by atoms with Gasteiger partial charge in [0.15, 0.2) is 5.96 Å². The molecule has 1 fully saturated rings. The lowest BCUT2D eigenvalue weighted by molar-refractivity contribution is 0.254. The summed E-state index contributed by atoms with van der Waals surface area (Å²) in [5, 5.41) is 11.0. The molecule has 7 nitrogen and oxygen atoms in total. The number of nitrogens with zero attached hydrogens (tertiary/aromatic N) is 5. The molecule has 0 unspecified atom stereocenters. The molecule has 0 saturated carbocycles. The quantitative estimate of drug-likeness (QED) is 0.409. The summed E-state index contributed by atoms with van der Waals surface area (Å²) in [6, 6.07) is 3.98. The third-order valence-electron chi connectivity index (χ3n) is 4.49. The van der Waals surface area contributed by atoms with E-state index in [1.54, 1.807) is 11.3 Å². The van der Waals surface area contributed by atoms with Gasteiger partial charge in [0.05, 0.1) is 6.54 Å². The summed E-state index contributed by atoms with van der Waals surface area (Å²) in [7, 11) is 0. The van der Waals surface area contributed by atoms with E-state index in [2.05, 4.69) is 59.1 Å². The Morgan fingerprint density at radius 1 is 1.19 bits per heavy atom. The average molecular weight is 388 g/mol. The SMILES string of the molecule is CCNC(=NCc1ccsc1)NCCCN1CCN(c2ncccn2)CC1. The van der Waals surface area contributed by atoms with Gasteiger partial charge in [0, 0.05) is 51.7 Å². The molecule has 2 aromatic heterocycles. The molecule has 3 heterocycles. The van der Waals surface area contributed by atoms with Gasteiger partial charge in [-0.05, 0) is 48.3 Å². The van der Waals surface area contributed by atoms with Crippen LogP contribution in [0.4, 0.5) is 5.95 Å². The van der Waals surface area contributed by atoms with Crippen LogP contribution in [-0.2, 0) is 6.54 Å². The standard InChI is InChI=1S/C19H29N7S/c1-2-20-18(24-15-17-5-14-27-16-17)21-8-4-9-25-10-12-26(13-11-25)19-22-6-3-7-23-19/h3,5-7,14,16H,2,4,8-13,15H2,1H3,(H2,20,21,24). The molecule has 8 heteroatoms. The molecule has 0 spiro atoms.